The number of hydrogen-bond acceptors (Lipinski definition) is 1. The molecular formula is C18H11F7N. The summed E-state index contributed by atoms with van der Waals surface area (Å²) >= 11 is 0. The van der Waals surface area contributed by atoms with Crippen LogP contribution in [-0.2, 0) is 5.67 Å². The molecule has 0 amide bonds. The van der Waals surface area contributed by atoms with Crippen molar-refractivity contribution in [3.8, 4) is 17.2 Å². The zero-order valence-electron chi connectivity index (χ0n) is 13.5. The summed E-state index contributed by atoms with van der Waals surface area (Å²) in [6.07, 6.45) is -12.4. The van der Waals surface area contributed by atoms with E-state index in [2.05, 4.69) is 6.07 Å². The minimum Gasteiger partial charge on any atom is -0.218 e. The minimum absolute atomic E-state index is 0.0644. The van der Waals surface area contributed by atoms with Gasteiger partial charge in [-0.3, -0.25) is 0 Å². The van der Waals surface area contributed by atoms with Gasteiger partial charge >= 0.3 is 18.0 Å². The number of rotatable bonds is 2. The second-order valence-corrected chi connectivity index (χ2v) is 5.71. The summed E-state index contributed by atoms with van der Waals surface area (Å²) in [5.74, 6) is 0. The van der Waals surface area contributed by atoms with Gasteiger partial charge in [-0.15, -0.1) is 0 Å². The minimum atomic E-state index is -6.22. The lowest BCUT2D eigenvalue weighted by atomic mass is 9.83. The van der Waals surface area contributed by atoms with E-state index in [9.17, 15) is 30.7 Å². The van der Waals surface area contributed by atoms with Crippen LogP contribution in [0.3, 0.4) is 0 Å². The highest BCUT2D eigenvalue weighted by atomic mass is 19.4. The fraction of sp³-hybridized carbons (Fsp3) is 0.278. The van der Waals surface area contributed by atoms with Gasteiger partial charge in [0.05, 0.1) is 11.6 Å². The van der Waals surface area contributed by atoms with Crippen LogP contribution in [-0.4, -0.2) is 12.4 Å². The van der Waals surface area contributed by atoms with Gasteiger partial charge in [0, 0.05) is 5.56 Å². The summed E-state index contributed by atoms with van der Waals surface area (Å²) in [6, 6.07) is 9.68. The van der Waals surface area contributed by atoms with E-state index in [4.69, 9.17) is 5.26 Å². The molecule has 0 heterocycles. The average Bonchev–Trinajstić information content (AvgIpc) is 2.51. The van der Waals surface area contributed by atoms with E-state index in [1.807, 2.05) is 0 Å². The molecule has 0 aliphatic rings. The summed E-state index contributed by atoms with van der Waals surface area (Å²) in [5.41, 5.74) is -7.71. The molecule has 0 aliphatic carbocycles. The number of alkyl halides is 7. The van der Waals surface area contributed by atoms with Gasteiger partial charge in [0.25, 0.3) is 0 Å². The van der Waals surface area contributed by atoms with Gasteiger partial charge in [-0.1, -0.05) is 18.2 Å². The zero-order chi connectivity index (χ0) is 19.9. The maximum Gasteiger partial charge on any atom is 0.435 e. The molecule has 0 fully saturated rings. The number of nitriles is 1. The van der Waals surface area contributed by atoms with Crippen molar-refractivity contribution in [2.45, 2.75) is 31.9 Å². The third kappa shape index (κ3) is 3.14. The summed E-state index contributed by atoms with van der Waals surface area (Å²) < 4.78 is 94.0. The fourth-order valence-electron chi connectivity index (χ4n) is 2.71. The highest BCUT2D eigenvalue weighted by Gasteiger charge is 2.74. The molecule has 1 nitrogen and oxygen atoms in total. The monoisotopic (exact) mass is 374 g/mol. The van der Waals surface area contributed by atoms with Crippen molar-refractivity contribution in [1.29, 1.82) is 5.26 Å². The van der Waals surface area contributed by atoms with Crippen LogP contribution in [0, 0.1) is 31.2 Å². The van der Waals surface area contributed by atoms with E-state index in [1.165, 1.54) is 38.1 Å². The van der Waals surface area contributed by atoms with Crippen LogP contribution in [0.5, 0.6) is 0 Å². The first kappa shape index (κ1) is 19.8. The average molecular weight is 374 g/mol. The van der Waals surface area contributed by atoms with Crippen LogP contribution in [0.2, 0.25) is 0 Å². The van der Waals surface area contributed by atoms with Crippen molar-refractivity contribution in [2.75, 3.05) is 0 Å². The van der Waals surface area contributed by atoms with E-state index in [1.54, 1.807) is 6.07 Å². The van der Waals surface area contributed by atoms with Gasteiger partial charge in [-0.25, -0.2) is 4.39 Å². The van der Waals surface area contributed by atoms with E-state index in [0.29, 0.717) is 6.07 Å². The summed E-state index contributed by atoms with van der Waals surface area (Å²) in [4.78, 5) is 0. The molecule has 0 atom stereocenters. The third-order valence-corrected chi connectivity index (χ3v) is 3.84. The molecule has 8 heteroatoms. The molecular weight excluding hydrogens is 363 g/mol. The zero-order valence-corrected chi connectivity index (χ0v) is 13.5. The Hall–Kier alpha value is -2.56. The Labute approximate surface area is 144 Å². The summed E-state index contributed by atoms with van der Waals surface area (Å²) in [7, 11) is 0. The molecule has 2 aromatic carbocycles. The van der Waals surface area contributed by atoms with Gasteiger partial charge in [0.15, 0.2) is 0 Å². The number of benzene rings is 2. The summed E-state index contributed by atoms with van der Waals surface area (Å²) in [5, 5.41) is 8.77. The van der Waals surface area contributed by atoms with Crippen molar-refractivity contribution in [2.24, 2.45) is 0 Å². The second-order valence-electron chi connectivity index (χ2n) is 5.71. The number of nitrogens with zero attached hydrogens (tertiary/aromatic N) is 1. The predicted molar refractivity (Wildman–Crippen MR) is 79.8 cm³/mol. The molecule has 0 aliphatic heterocycles. The Morgan fingerprint density at radius 1 is 0.885 bits per heavy atom. The Morgan fingerprint density at radius 3 is 1.81 bits per heavy atom. The number of hydrogen-bond donors (Lipinski definition) is 0. The van der Waals surface area contributed by atoms with E-state index < -0.39 is 29.1 Å². The Bertz CT molecular complexity index is 841. The molecule has 0 spiro atoms. The molecule has 0 unspecified atom stereocenters. The van der Waals surface area contributed by atoms with Gasteiger partial charge < -0.3 is 0 Å². The van der Waals surface area contributed by atoms with Crippen LogP contribution in [0.1, 0.15) is 22.3 Å². The highest BCUT2D eigenvalue weighted by molar-refractivity contribution is 5.73. The molecule has 0 N–H and O–H groups in total. The largest absolute Gasteiger partial charge is 0.435 e. The lowest BCUT2D eigenvalue weighted by Gasteiger charge is -2.32. The SMILES string of the molecule is Cc1[c]c(C)c(-c2ccc(C#N)cc2)c(C(F)(C(F)(F)F)C(F)(F)F)c1. The van der Waals surface area contributed by atoms with Gasteiger partial charge in [-0.05, 0) is 54.3 Å². The highest BCUT2D eigenvalue weighted by Crippen LogP contribution is 2.55. The topological polar surface area (TPSA) is 23.8 Å². The van der Waals surface area contributed by atoms with Crippen molar-refractivity contribution in [3.05, 3.63) is 58.7 Å². The maximum atomic E-state index is 14.7. The molecule has 1 radical (unpaired) electrons. The molecule has 26 heavy (non-hydrogen) atoms. The molecule has 2 aromatic rings. The van der Waals surface area contributed by atoms with Gasteiger partial charge in [0.2, 0.25) is 0 Å². The van der Waals surface area contributed by atoms with Crippen LogP contribution >= 0.6 is 0 Å². The standard InChI is InChI=1S/C18H11F7N/c1-10-7-11(2)15(13-5-3-12(9-26)4-6-13)14(8-10)16(19,17(20,21)22)18(23,24)25/h3-6,8H,1-2H3. The summed E-state index contributed by atoms with van der Waals surface area (Å²) in [6.45, 7) is 2.48. The van der Waals surface area contributed by atoms with Gasteiger partial charge in [0.1, 0.15) is 0 Å². The maximum absolute atomic E-state index is 14.7. The van der Waals surface area contributed by atoms with Crippen molar-refractivity contribution in [1.82, 2.24) is 0 Å². The van der Waals surface area contributed by atoms with Crippen LogP contribution in [0.15, 0.2) is 30.3 Å². The van der Waals surface area contributed by atoms with Crippen molar-refractivity contribution < 1.29 is 30.7 Å². The molecule has 0 bridgehead atoms. The molecule has 0 aromatic heterocycles. The lowest BCUT2D eigenvalue weighted by molar-refractivity contribution is -0.348. The van der Waals surface area contributed by atoms with E-state index in [0.717, 1.165) is 0 Å². The van der Waals surface area contributed by atoms with Crippen molar-refractivity contribution >= 4 is 0 Å². The third-order valence-electron chi connectivity index (χ3n) is 3.84. The first-order valence-corrected chi connectivity index (χ1v) is 7.20. The fourth-order valence-corrected chi connectivity index (χ4v) is 2.71. The van der Waals surface area contributed by atoms with Crippen LogP contribution in [0.4, 0.5) is 30.7 Å². The number of aryl methyl sites for hydroxylation is 2. The molecule has 137 valence electrons. The van der Waals surface area contributed by atoms with E-state index in [-0.39, 0.29) is 22.3 Å². The number of halogens is 7. The Kier molecular flexibility index (Phi) is 4.79. The van der Waals surface area contributed by atoms with E-state index >= 15 is 0 Å². The Morgan fingerprint density at radius 2 is 1.38 bits per heavy atom. The van der Waals surface area contributed by atoms with Crippen molar-refractivity contribution in [3.63, 3.8) is 0 Å². The Balaban J connectivity index is 2.90. The first-order chi connectivity index (χ1) is 11.8. The molecule has 0 saturated heterocycles. The smallest absolute Gasteiger partial charge is 0.218 e. The van der Waals surface area contributed by atoms with Crippen LogP contribution < -0.4 is 0 Å². The molecule has 0 saturated carbocycles. The quantitative estimate of drug-likeness (QED) is 0.598. The predicted octanol–water partition coefficient (Wildman–Crippen LogP) is 5.93. The lowest BCUT2D eigenvalue weighted by Crippen LogP contribution is -2.50. The van der Waals surface area contributed by atoms with Gasteiger partial charge in [-0.2, -0.15) is 31.6 Å². The first-order valence-electron chi connectivity index (χ1n) is 7.20. The normalized spacial score (nSPS) is 12.8. The van der Waals surface area contributed by atoms with Crippen LogP contribution in [0.25, 0.3) is 11.1 Å². The molecule has 2 rings (SSSR count). The second kappa shape index (κ2) is 6.31.